The van der Waals surface area contributed by atoms with Crippen LogP contribution in [0.25, 0.3) is 0 Å². The molecule has 1 rings (SSSR count). The average Bonchev–Trinajstić information content (AvgIpc) is 2.19. The van der Waals surface area contributed by atoms with E-state index in [2.05, 4.69) is 4.90 Å². The molecule has 78 valence electrons. The summed E-state index contributed by atoms with van der Waals surface area (Å²) in [5.41, 5.74) is 0. The predicted molar refractivity (Wildman–Crippen MR) is 50.0 cm³/mol. The van der Waals surface area contributed by atoms with Gasteiger partial charge in [0.15, 0.2) is 0 Å². The monoisotopic (exact) mass is 189 g/mol. The summed E-state index contributed by atoms with van der Waals surface area (Å²) in [5.74, 6) is 0. The molecule has 4 nitrogen and oxygen atoms in total. The fourth-order valence-corrected chi connectivity index (χ4v) is 1.26. The fraction of sp³-hybridized carbons (Fsp3) is 1.00. The van der Waals surface area contributed by atoms with Crippen molar-refractivity contribution in [2.75, 3.05) is 59.8 Å². The number of nitrogens with zero attached hydrogens (tertiary/aromatic N) is 1. The van der Waals surface area contributed by atoms with E-state index in [9.17, 15) is 0 Å². The van der Waals surface area contributed by atoms with E-state index in [1.54, 1.807) is 7.11 Å². The van der Waals surface area contributed by atoms with Gasteiger partial charge >= 0.3 is 0 Å². The number of ether oxygens (including phenoxy) is 3. The van der Waals surface area contributed by atoms with Gasteiger partial charge in [-0.25, -0.2) is 0 Å². The highest BCUT2D eigenvalue weighted by Gasteiger charge is 2.08. The van der Waals surface area contributed by atoms with Gasteiger partial charge in [-0.1, -0.05) is 0 Å². The maximum atomic E-state index is 5.37. The second-order valence-electron chi connectivity index (χ2n) is 3.06. The second kappa shape index (κ2) is 7.26. The Morgan fingerprint density at radius 1 is 1.15 bits per heavy atom. The number of rotatable bonds is 6. The van der Waals surface area contributed by atoms with Gasteiger partial charge in [0.05, 0.1) is 33.0 Å². The Labute approximate surface area is 79.8 Å². The van der Waals surface area contributed by atoms with Crippen molar-refractivity contribution in [1.29, 1.82) is 0 Å². The Balaban J connectivity index is 1.86. The summed E-state index contributed by atoms with van der Waals surface area (Å²) in [4.78, 5) is 2.36. The lowest BCUT2D eigenvalue weighted by molar-refractivity contribution is 0.0128. The molecule has 0 aromatic carbocycles. The molecule has 0 aromatic rings. The van der Waals surface area contributed by atoms with Gasteiger partial charge in [0.2, 0.25) is 0 Å². The summed E-state index contributed by atoms with van der Waals surface area (Å²) in [6.07, 6.45) is 0. The molecule has 0 aromatic heterocycles. The summed E-state index contributed by atoms with van der Waals surface area (Å²) in [6, 6.07) is 0. The largest absolute Gasteiger partial charge is 0.382 e. The Morgan fingerprint density at radius 2 is 1.92 bits per heavy atom. The van der Waals surface area contributed by atoms with Crippen molar-refractivity contribution >= 4 is 0 Å². The van der Waals surface area contributed by atoms with E-state index in [-0.39, 0.29) is 0 Å². The number of methoxy groups -OCH3 is 1. The topological polar surface area (TPSA) is 30.9 Å². The van der Waals surface area contributed by atoms with Crippen LogP contribution in [0.1, 0.15) is 0 Å². The molecule has 4 heteroatoms. The van der Waals surface area contributed by atoms with Crippen LogP contribution in [0.2, 0.25) is 0 Å². The number of morpholine rings is 1. The first-order valence-electron chi connectivity index (χ1n) is 4.80. The molecule has 1 heterocycles. The SMILES string of the molecule is COCCOCCN1CCOCC1. The van der Waals surface area contributed by atoms with Crippen LogP contribution in [0.5, 0.6) is 0 Å². The van der Waals surface area contributed by atoms with Crippen LogP contribution < -0.4 is 0 Å². The molecule has 0 radical (unpaired) electrons. The molecular formula is C9H19NO3. The summed E-state index contributed by atoms with van der Waals surface area (Å²) >= 11 is 0. The van der Waals surface area contributed by atoms with Crippen molar-refractivity contribution in [3.8, 4) is 0 Å². The Bertz CT molecular complexity index is 115. The van der Waals surface area contributed by atoms with Crippen molar-refractivity contribution in [3.05, 3.63) is 0 Å². The highest BCUT2D eigenvalue weighted by atomic mass is 16.5. The van der Waals surface area contributed by atoms with E-state index in [4.69, 9.17) is 14.2 Å². The zero-order valence-corrected chi connectivity index (χ0v) is 8.33. The van der Waals surface area contributed by atoms with E-state index < -0.39 is 0 Å². The lowest BCUT2D eigenvalue weighted by atomic mass is 10.4. The van der Waals surface area contributed by atoms with Crippen molar-refractivity contribution in [2.45, 2.75) is 0 Å². The van der Waals surface area contributed by atoms with Crippen molar-refractivity contribution in [3.63, 3.8) is 0 Å². The van der Waals surface area contributed by atoms with Gasteiger partial charge < -0.3 is 14.2 Å². The van der Waals surface area contributed by atoms with Crippen molar-refractivity contribution < 1.29 is 14.2 Å². The second-order valence-corrected chi connectivity index (χ2v) is 3.06. The quantitative estimate of drug-likeness (QED) is 0.550. The average molecular weight is 189 g/mol. The smallest absolute Gasteiger partial charge is 0.0700 e. The van der Waals surface area contributed by atoms with Crippen LogP contribution in [0.15, 0.2) is 0 Å². The molecule has 1 fully saturated rings. The highest BCUT2D eigenvalue weighted by molar-refractivity contribution is 4.60. The predicted octanol–water partition coefficient (Wildman–Crippen LogP) is -0.0184. The minimum absolute atomic E-state index is 0.684. The van der Waals surface area contributed by atoms with Gasteiger partial charge in [-0.15, -0.1) is 0 Å². The van der Waals surface area contributed by atoms with Crippen molar-refractivity contribution in [1.82, 2.24) is 4.90 Å². The number of hydrogen-bond acceptors (Lipinski definition) is 4. The molecule has 1 saturated heterocycles. The van der Waals surface area contributed by atoms with Crippen LogP contribution in [-0.4, -0.2) is 64.7 Å². The third-order valence-electron chi connectivity index (χ3n) is 2.09. The zero-order chi connectivity index (χ0) is 9.36. The highest BCUT2D eigenvalue weighted by Crippen LogP contribution is 1.95. The maximum absolute atomic E-state index is 5.37. The fourth-order valence-electron chi connectivity index (χ4n) is 1.26. The van der Waals surface area contributed by atoms with Crippen LogP contribution in [0, 0.1) is 0 Å². The Hall–Kier alpha value is -0.160. The zero-order valence-electron chi connectivity index (χ0n) is 8.33. The third kappa shape index (κ3) is 5.21. The van der Waals surface area contributed by atoms with Crippen LogP contribution in [0.3, 0.4) is 0 Å². The summed E-state index contributed by atoms with van der Waals surface area (Å²) in [6.45, 7) is 6.97. The minimum Gasteiger partial charge on any atom is -0.382 e. The first kappa shape index (κ1) is 10.9. The molecule has 0 saturated carbocycles. The molecule has 0 atom stereocenters. The van der Waals surface area contributed by atoms with Gasteiger partial charge in [-0.2, -0.15) is 0 Å². The summed E-state index contributed by atoms with van der Waals surface area (Å²) in [5, 5.41) is 0. The van der Waals surface area contributed by atoms with Crippen LogP contribution in [-0.2, 0) is 14.2 Å². The van der Waals surface area contributed by atoms with Gasteiger partial charge in [0.25, 0.3) is 0 Å². The van der Waals surface area contributed by atoms with Gasteiger partial charge in [0, 0.05) is 26.7 Å². The molecule has 0 spiro atoms. The lowest BCUT2D eigenvalue weighted by Gasteiger charge is -2.26. The van der Waals surface area contributed by atoms with Crippen LogP contribution >= 0.6 is 0 Å². The molecule has 1 aliphatic heterocycles. The molecule has 0 unspecified atom stereocenters. The Kier molecular flexibility index (Phi) is 6.10. The van der Waals surface area contributed by atoms with E-state index in [0.29, 0.717) is 13.2 Å². The first-order valence-corrected chi connectivity index (χ1v) is 4.80. The van der Waals surface area contributed by atoms with E-state index in [0.717, 1.165) is 39.5 Å². The minimum atomic E-state index is 0.684. The molecular weight excluding hydrogens is 170 g/mol. The Morgan fingerprint density at radius 3 is 2.62 bits per heavy atom. The normalized spacial score (nSPS) is 19.2. The van der Waals surface area contributed by atoms with Gasteiger partial charge in [0.1, 0.15) is 0 Å². The van der Waals surface area contributed by atoms with Gasteiger partial charge in [-0.05, 0) is 0 Å². The molecule has 13 heavy (non-hydrogen) atoms. The van der Waals surface area contributed by atoms with Crippen molar-refractivity contribution in [2.24, 2.45) is 0 Å². The van der Waals surface area contributed by atoms with Gasteiger partial charge in [-0.3, -0.25) is 4.90 Å². The maximum Gasteiger partial charge on any atom is 0.0700 e. The number of hydrogen-bond donors (Lipinski definition) is 0. The molecule has 0 amide bonds. The van der Waals surface area contributed by atoms with E-state index >= 15 is 0 Å². The van der Waals surface area contributed by atoms with Crippen LogP contribution in [0.4, 0.5) is 0 Å². The molecule has 0 aliphatic carbocycles. The standard InChI is InChI=1S/C9H19NO3/c1-11-8-9-13-7-4-10-2-5-12-6-3-10/h2-9H2,1H3. The molecule has 0 N–H and O–H groups in total. The van der Waals surface area contributed by atoms with E-state index in [1.165, 1.54) is 0 Å². The third-order valence-corrected chi connectivity index (χ3v) is 2.09. The summed E-state index contributed by atoms with van der Waals surface area (Å²) in [7, 11) is 1.69. The lowest BCUT2D eigenvalue weighted by Crippen LogP contribution is -2.38. The first-order chi connectivity index (χ1) is 6.43. The molecule has 1 aliphatic rings. The molecule has 0 bridgehead atoms. The summed E-state index contributed by atoms with van der Waals surface area (Å²) < 4.78 is 15.5. The van der Waals surface area contributed by atoms with E-state index in [1.807, 2.05) is 0 Å².